The lowest BCUT2D eigenvalue weighted by Gasteiger charge is -2.55. The van der Waals surface area contributed by atoms with Gasteiger partial charge in [0, 0.05) is 37.1 Å². The summed E-state index contributed by atoms with van der Waals surface area (Å²) in [7, 11) is 0. The first-order valence-electron chi connectivity index (χ1n) is 11.8. The number of hydrogen-bond acceptors (Lipinski definition) is 6. The normalized spacial score (nSPS) is 40.8. The number of aromatic nitrogens is 2. The van der Waals surface area contributed by atoms with Gasteiger partial charge >= 0.3 is 6.03 Å². The van der Waals surface area contributed by atoms with Crippen LogP contribution in [0.3, 0.4) is 0 Å². The Morgan fingerprint density at radius 1 is 1.07 bits per heavy atom. The van der Waals surface area contributed by atoms with Crippen molar-refractivity contribution in [1.29, 1.82) is 0 Å². The van der Waals surface area contributed by atoms with Crippen LogP contribution in [0.15, 0.2) is 0 Å². The highest BCUT2D eigenvalue weighted by Gasteiger charge is 2.53. The van der Waals surface area contributed by atoms with Gasteiger partial charge in [-0.25, -0.2) is 4.79 Å². The molecule has 0 unspecified atom stereocenters. The van der Waals surface area contributed by atoms with Gasteiger partial charge in [-0.15, -0.1) is 10.2 Å². The molecule has 2 saturated heterocycles. The van der Waals surface area contributed by atoms with Gasteiger partial charge in [0.2, 0.25) is 5.13 Å². The molecule has 6 aliphatic rings. The number of hydrogen-bond donors (Lipinski definition) is 1. The molecule has 7 nitrogen and oxygen atoms in total. The Balaban J connectivity index is 1.12. The largest absolute Gasteiger partial charge is 0.379 e. The Kier molecular flexibility index (Phi) is 4.80. The molecule has 0 spiro atoms. The van der Waals surface area contributed by atoms with Gasteiger partial charge in [0.15, 0.2) is 0 Å². The van der Waals surface area contributed by atoms with Gasteiger partial charge in [0.05, 0.1) is 13.2 Å². The van der Waals surface area contributed by atoms with Gasteiger partial charge in [0.25, 0.3) is 0 Å². The summed E-state index contributed by atoms with van der Waals surface area (Å²) >= 11 is 1.63. The minimum absolute atomic E-state index is 0.0218. The van der Waals surface area contributed by atoms with Crippen molar-refractivity contribution < 1.29 is 9.53 Å². The Morgan fingerprint density at radius 2 is 1.73 bits per heavy atom. The summed E-state index contributed by atoms with van der Waals surface area (Å²) in [5.41, 5.74) is 0.248. The molecule has 3 heterocycles. The summed E-state index contributed by atoms with van der Waals surface area (Å²) < 4.78 is 5.49. The number of rotatable bonds is 3. The van der Waals surface area contributed by atoms with E-state index >= 15 is 0 Å². The SMILES string of the molecule is C[C@@H]1[C@H](N2CCOCC2)CCN1C(=O)Nc1nnc(C23CC4CC(CC(C4)C2)C3)s1. The van der Waals surface area contributed by atoms with E-state index in [0.717, 1.165) is 57.0 Å². The molecule has 0 radical (unpaired) electrons. The van der Waals surface area contributed by atoms with Crippen LogP contribution in [0, 0.1) is 17.8 Å². The fourth-order valence-electron chi connectivity index (χ4n) is 7.63. The molecule has 8 heteroatoms. The fourth-order valence-corrected chi connectivity index (χ4v) is 8.58. The Labute approximate surface area is 182 Å². The number of ether oxygens (including phenoxy) is 1. The van der Waals surface area contributed by atoms with Crippen LogP contribution in [0.4, 0.5) is 9.93 Å². The first-order chi connectivity index (χ1) is 14.6. The predicted molar refractivity (Wildman–Crippen MR) is 116 cm³/mol. The van der Waals surface area contributed by atoms with Gasteiger partial charge < -0.3 is 9.64 Å². The average Bonchev–Trinajstić information content (AvgIpc) is 3.35. The molecule has 6 fully saturated rings. The quantitative estimate of drug-likeness (QED) is 0.795. The second-order valence-corrected chi connectivity index (χ2v) is 11.5. The molecule has 4 saturated carbocycles. The molecular formula is C22H33N5O2S. The number of carbonyl (C=O) groups excluding carboxylic acids is 1. The lowest BCUT2D eigenvalue weighted by Crippen LogP contribution is -2.50. The Morgan fingerprint density at radius 3 is 2.40 bits per heavy atom. The van der Waals surface area contributed by atoms with Gasteiger partial charge in [-0.1, -0.05) is 11.3 Å². The van der Waals surface area contributed by atoms with Gasteiger partial charge in [-0.3, -0.25) is 10.2 Å². The van der Waals surface area contributed by atoms with Crippen molar-refractivity contribution in [3.05, 3.63) is 5.01 Å². The molecule has 7 rings (SSSR count). The van der Waals surface area contributed by atoms with E-state index in [1.54, 1.807) is 11.3 Å². The van der Waals surface area contributed by atoms with E-state index in [1.807, 2.05) is 4.90 Å². The molecular weight excluding hydrogens is 398 g/mol. The summed E-state index contributed by atoms with van der Waals surface area (Å²) in [6.07, 6.45) is 9.17. The highest BCUT2D eigenvalue weighted by atomic mass is 32.1. The number of anilines is 1. The number of nitrogens with zero attached hydrogens (tertiary/aromatic N) is 4. The monoisotopic (exact) mass is 431 g/mol. The first kappa shape index (κ1) is 19.4. The zero-order valence-electron chi connectivity index (χ0n) is 17.9. The van der Waals surface area contributed by atoms with Crippen LogP contribution in [-0.2, 0) is 10.2 Å². The molecule has 164 valence electrons. The van der Waals surface area contributed by atoms with Gasteiger partial charge in [0.1, 0.15) is 5.01 Å². The maximum Gasteiger partial charge on any atom is 0.323 e. The van der Waals surface area contributed by atoms with Crippen molar-refractivity contribution in [2.75, 3.05) is 38.2 Å². The maximum atomic E-state index is 13.0. The van der Waals surface area contributed by atoms with Crippen molar-refractivity contribution in [3.8, 4) is 0 Å². The number of urea groups is 1. The second-order valence-electron chi connectivity index (χ2n) is 10.5. The zero-order chi connectivity index (χ0) is 20.3. The van der Waals surface area contributed by atoms with Crippen molar-refractivity contribution >= 4 is 22.5 Å². The van der Waals surface area contributed by atoms with Crippen LogP contribution in [-0.4, -0.2) is 71.0 Å². The van der Waals surface area contributed by atoms with Crippen LogP contribution >= 0.6 is 11.3 Å². The highest BCUT2D eigenvalue weighted by Crippen LogP contribution is 2.61. The van der Waals surface area contributed by atoms with Crippen molar-refractivity contribution in [2.45, 2.75) is 69.4 Å². The molecule has 2 amide bonds. The topological polar surface area (TPSA) is 70.6 Å². The van der Waals surface area contributed by atoms with Gasteiger partial charge in [-0.2, -0.15) is 0 Å². The maximum absolute atomic E-state index is 13.0. The molecule has 1 aromatic rings. The van der Waals surface area contributed by atoms with Crippen molar-refractivity contribution in [2.24, 2.45) is 17.8 Å². The third kappa shape index (κ3) is 3.26. The number of nitrogens with one attached hydrogen (secondary N) is 1. The molecule has 2 aliphatic heterocycles. The fraction of sp³-hybridized carbons (Fsp3) is 0.864. The number of carbonyl (C=O) groups is 1. The first-order valence-corrected chi connectivity index (χ1v) is 12.6. The Hall–Kier alpha value is -1.25. The molecule has 30 heavy (non-hydrogen) atoms. The molecule has 1 N–H and O–H groups in total. The molecule has 2 atom stereocenters. The highest BCUT2D eigenvalue weighted by molar-refractivity contribution is 7.15. The van der Waals surface area contributed by atoms with Crippen LogP contribution in [0.5, 0.6) is 0 Å². The van der Waals surface area contributed by atoms with Crippen LogP contribution < -0.4 is 5.32 Å². The zero-order valence-corrected chi connectivity index (χ0v) is 18.7. The lowest BCUT2D eigenvalue weighted by molar-refractivity contribution is -0.00555. The predicted octanol–water partition coefficient (Wildman–Crippen LogP) is 3.33. The second kappa shape index (κ2) is 7.41. The number of likely N-dealkylation sites (tertiary alicyclic amines) is 1. The molecule has 4 aliphatic carbocycles. The summed E-state index contributed by atoms with van der Waals surface area (Å²) in [5, 5.41) is 13.9. The van der Waals surface area contributed by atoms with E-state index in [1.165, 1.54) is 43.5 Å². The van der Waals surface area contributed by atoms with E-state index in [2.05, 4.69) is 27.3 Å². The van der Waals surface area contributed by atoms with Crippen LogP contribution in [0.2, 0.25) is 0 Å². The minimum Gasteiger partial charge on any atom is -0.379 e. The average molecular weight is 432 g/mol. The minimum atomic E-state index is -0.0218. The summed E-state index contributed by atoms with van der Waals surface area (Å²) in [5.74, 6) is 2.67. The number of amides is 2. The number of morpholine rings is 1. The summed E-state index contributed by atoms with van der Waals surface area (Å²) in [6.45, 7) is 6.51. The van der Waals surface area contributed by atoms with E-state index in [-0.39, 0.29) is 17.5 Å². The van der Waals surface area contributed by atoms with Crippen molar-refractivity contribution in [1.82, 2.24) is 20.0 Å². The van der Waals surface area contributed by atoms with E-state index in [9.17, 15) is 4.79 Å². The van der Waals surface area contributed by atoms with E-state index in [0.29, 0.717) is 11.2 Å². The summed E-state index contributed by atoms with van der Waals surface area (Å²) in [4.78, 5) is 17.5. The summed E-state index contributed by atoms with van der Waals surface area (Å²) in [6, 6.07) is 0.613. The third-order valence-corrected chi connectivity index (χ3v) is 9.71. The molecule has 4 bridgehead atoms. The molecule has 0 aromatic carbocycles. The lowest BCUT2D eigenvalue weighted by atomic mass is 9.50. The van der Waals surface area contributed by atoms with Crippen LogP contribution in [0.1, 0.15) is 56.9 Å². The van der Waals surface area contributed by atoms with Crippen LogP contribution in [0.25, 0.3) is 0 Å². The van der Waals surface area contributed by atoms with E-state index < -0.39 is 0 Å². The van der Waals surface area contributed by atoms with Crippen molar-refractivity contribution in [3.63, 3.8) is 0 Å². The van der Waals surface area contributed by atoms with E-state index in [4.69, 9.17) is 4.74 Å². The molecule has 1 aromatic heterocycles. The smallest absolute Gasteiger partial charge is 0.323 e. The van der Waals surface area contributed by atoms with Gasteiger partial charge in [-0.05, 0) is 69.6 Å². The Bertz CT molecular complexity index is 772. The third-order valence-electron chi connectivity index (χ3n) is 8.62. The standard InChI is InChI=1S/C22H33N5O2S/c1-14-18(26-4-6-29-7-5-26)2-3-27(14)21(28)23-20-25-24-19(30-20)22-11-15-8-16(12-22)10-17(9-15)13-22/h14-18H,2-13H2,1H3,(H,23,25,28)/t14-,15?,16?,17?,18-,22?/m1/s1.